The molecular formula is C20H22N2O4S2. The van der Waals surface area contributed by atoms with Crippen LogP contribution in [0.3, 0.4) is 0 Å². The average Bonchev–Trinajstić information content (AvgIpc) is 3.18. The van der Waals surface area contributed by atoms with Crippen LogP contribution in [0.25, 0.3) is 12.2 Å². The molecule has 0 aromatic heterocycles. The first-order chi connectivity index (χ1) is 13.4. The van der Waals surface area contributed by atoms with E-state index in [0.29, 0.717) is 23.1 Å². The fourth-order valence-electron chi connectivity index (χ4n) is 2.74. The SMILES string of the molecule is O=S1(=O)CCN/C1=C\c1ccccc1.O=S1(=O)CCN/C1=C\c1ccccc1. The van der Waals surface area contributed by atoms with E-state index in [0.717, 1.165) is 11.1 Å². The molecular weight excluding hydrogens is 396 g/mol. The van der Waals surface area contributed by atoms with Gasteiger partial charge >= 0.3 is 0 Å². The molecule has 0 amide bonds. The lowest BCUT2D eigenvalue weighted by atomic mass is 10.2. The van der Waals surface area contributed by atoms with E-state index in [1.54, 1.807) is 12.2 Å². The van der Waals surface area contributed by atoms with Crippen molar-refractivity contribution in [2.45, 2.75) is 0 Å². The first-order valence-corrected chi connectivity index (χ1v) is 12.1. The lowest BCUT2D eigenvalue weighted by Crippen LogP contribution is -2.06. The maximum absolute atomic E-state index is 11.4. The Hall–Kier alpha value is -2.58. The third kappa shape index (κ3) is 5.24. The van der Waals surface area contributed by atoms with E-state index in [1.807, 2.05) is 60.7 Å². The molecule has 2 aromatic rings. The van der Waals surface area contributed by atoms with Gasteiger partial charge in [0.05, 0.1) is 11.5 Å². The smallest absolute Gasteiger partial charge is 0.194 e. The maximum Gasteiger partial charge on any atom is 0.194 e. The summed E-state index contributed by atoms with van der Waals surface area (Å²) in [5.41, 5.74) is 1.81. The predicted molar refractivity (Wildman–Crippen MR) is 112 cm³/mol. The molecule has 0 unspecified atom stereocenters. The Morgan fingerprint density at radius 3 is 1.25 bits per heavy atom. The van der Waals surface area contributed by atoms with Crippen molar-refractivity contribution in [2.24, 2.45) is 0 Å². The molecule has 148 valence electrons. The standard InChI is InChI=1S/2C10H11NO2S/c2*12-14(13)7-6-11-10(14)8-9-4-2-1-3-5-9/h2*1-5,8,11H,6-7H2/b2*10-8+. The van der Waals surface area contributed by atoms with Crippen LogP contribution < -0.4 is 10.6 Å². The van der Waals surface area contributed by atoms with E-state index in [4.69, 9.17) is 0 Å². The van der Waals surface area contributed by atoms with E-state index in [-0.39, 0.29) is 11.5 Å². The number of hydrogen-bond acceptors (Lipinski definition) is 6. The van der Waals surface area contributed by atoms with Gasteiger partial charge in [-0.15, -0.1) is 0 Å². The second-order valence-electron chi connectivity index (χ2n) is 6.33. The Morgan fingerprint density at radius 1 is 0.607 bits per heavy atom. The number of rotatable bonds is 2. The minimum atomic E-state index is -3.04. The van der Waals surface area contributed by atoms with E-state index >= 15 is 0 Å². The number of sulfone groups is 2. The molecule has 0 saturated carbocycles. The molecule has 6 nitrogen and oxygen atoms in total. The fraction of sp³-hybridized carbons (Fsp3) is 0.200. The van der Waals surface area contributed by atoms with Crippen molar-refractivity contribution in [3.05, 3.63) is 81.8 Å². The monoisotopic (exact) mass is 418 g/mol. The predicted octanol–water partition coefficient (Wildman–Crippen LogP) is 2.01. The van der Waals surface area contributed by atoms with Crippen LogP contribution in [0.1, 0.15) is 11.1 Å². The molecule has 0 spiro atoms. The zero-order chi connectivity index (χ0) is 20.0. The summed E-state index contributed by atoms with van der Waals surface area (Å²) >= 11 is 0. The van der Waals surface area contributed by atoms with Crippen molar-refractivity contribution in [1.29, 1.82) is 0 Å². The zero-order valence-corrected chi connectivity index (χ0v) is 16.8. The lowest BCUT2D eigenvalue weighted by Gasteiger charge is -1.98. The number of nitrogens with one attached hydrogen (secondary N) is 2. The highest BCUT2D eigenvalue weighted by Crippen LogP contribution is 2.15. The molecule has 0 bridgehead atoms. The van der Waals surface area contributed by atoms with Gasteiger partial charge in [0.15, 0.2) is 19.7 Å². The largest absolute Gasteiger partial charge is 0.375 e. The van der Waals surface area contributed by atoms with Crippen LogP contribution in [-0.2, 0) is 19.7 Å². The van der Waals surface area contributed by atoms with Gasteiger partial charge in [-0.3, -0.25) is 0 Å². The van der Waals surface area contributed by atoms with Crippen LogP contribution in [0.15, 0.2) is 70.7 Å². The molecule has 0 aliphatic carbocycles. The van der Waals surface area contributed by atoms with E-state index < -0.39 is 19.7 Å². The third-order valence-electron chi connectivity index (χ3n) is 4.20. The summed E-state index contributed by atoms with van der Waals surface area (Å²) in [5, 5.41) is 6.41. The summed E-state index contributed by atoms with van der Waals surface area (Å²) in [6, 6.07) is 18.8. The molecule has 2 N–H and O–H groups in total. The highest BCUT2D eigenvalue weighted by atomic mass is 32.2. The van der Waals surface area contributed by atoms with Gasteiger partial charge in [-0.1, -0.05) is 60.7 Å². The Bertz CT molecular complexity index is 986. The summed E-state index contributed by atoms with van der Waals surface area (Å²) in [5.74, 6) is 0.400. The molecule has 4 rings (SSSR count). The quantitative estimate of drug-likeness (QED) is 0.775. The van der Waals surface area contributed by atoms with Crippen LogP contribution in [0.4, 0.5) is 0 Å². The molecule has 0 atom stereocenters. The van der Waals surface area contributed by atoms with Gasteiger partial charge in [0, 0.05) is 13.1 Å². The van der Waals surface area contributed by atoms with Crippen LogP contribution in [0.2, 0.25) is 0 Å². The Balaban J connectivity index is 0.000000161. The molecule has 2 fully saturated rings. The van der Waals surface area contributed by atoms with E-state index in [1.165, 1.54) is 0 Å². The Morgan fingerprint density at radius 2 is 0.964 bits per heavy atom. The molecule has 28 heavy (non-hydrogen) atoms. The lowest BCUT2D eigenvalue weighted by molar-refractivity contribution is 0.604. The molecule has 2 heterocycles. The van der Waals surface area contributed by atoms with Gasteiger partial charge in [-0.25, -0.2) is 16.8 Å². The zero-order valence-electron chi connectivity index (χ0n) is 15.2. The molecule has 8 heteroatoms. The molecule has 2 aliphatic heterocycles. The second kappa shape index (κ2) is 8.62. The van der Waals surface area contributed by atoms with Gasteiger partial charge in [-0.05, 0) is 23.3 Å². The Labute approximate surface area is 165 Å². The van der Waals surface area contributed by atoms with Crippen molar-refractivity contribution in [3.63, 3.8) is 0 Å². The van der Waals surface area contributed by atoms with Crippen LogP contribution in [0, 0.1) is 0 Å². The molecule has 2 aliphatic rings. The highest BCUT2D eigenvalue weighted by molar-refractivity contribution is 7.95. The third-order valence-corrected chi connectivity index (χ3v) is 7.55. The average molecular weight is 419 g/mol. The topological polar surface area (TPSA) is 92.3 Å². The minimum absolute atomic E-state index is 0.200. The number of hydrogen-bond donors (Lipinski definition) is 2. The van der Waals surface area contributed by atoms with Gasteiger partial charge in [-0.2, -0.15) is 0 Å². The molecule has 2 saturated heterocycles. The summed E-state index contributed by atoms with van der Waals surface area (Å²) in [6.45, 7) is 1.03. The van der Waals surface area contributed by atoms with Crippen molar-refractivity contribution in [2.75, 3.05) is 24.6 Å². The summed E-state index contributed by atoms with van der Waals surface area (Å²) in [7, 11) is -6.07. The van der Waals surface area contributed by atoms with Crippen LogP contribution in [0.5, 0.6) is 0 Å². The van der Waals surface area contributed by atoms with Crippen molar-refractivity contribution in [3.8, 4) is 0 Å². The Kier molecular flexibility index (Phi) is 6.21. The van der Waals surface area contributed by atoms with Crippen molar-refractivity contribution < 1.29 is 16.8 Å². The summed E-state index contributed by atoms with van der Waals surface area (Å²) in [6.07, 6.45) is 3.34. The second-order valence-corrected chi connectivity index (χ2v) is 10.5. The van der Waals surface area contributed by atoms with Gasteiger partial charge < -0.3 is 10.6 Å². The van der Waals surface area contributed by atoms with E-state index in [9.17, 15) is 16.8 Å². The van der Waals surface area contributed by atoms with Crippen molar-refractivity contribution >= 4 is 31.8 Å². The molecule has 0 radical (unpaired) electrons. The van der Waals surface area contributed by atoms with Gasteiger partial charge in [0.25, 0.3) is 0 Å². The van der Waals surface area contributed by atoms with Gasteiger partial charge in [0.2, 0.25) is 0 Å². The first-order valence-electron chi connectivity index (χ1n) is 8.84. The van der Waals surface area contributed by atoms with Gasteiger partial charge in [0.1, 0.15) is 10.1 Å². The number of benzene rings is 2. The first kappa shape index (κ1) is 20.2. The van der Waals surface area contributed by atoms with Crippen LogP contribution in [-0.4, -0.2) is 41.4 Å². The van der Waals surface area contributed by atoms with Crippen molar-refractivity contribution in [1.82, 2.24) is 10.6 Å². The molecule has 2 aromatic carbocycles. The fourth-order valence-corrected chi connectivity index (χ4v) is 5.20. The van der Waals surface area contributed by atoms with Crippen LogP contribution >= 0.6 is 0 Å². The highest BCUT2D eigenvalue weighted by Gasteiger charge is 2.24. The van der Waals surface area contributed by atoms with E-state index in [2.05, 4.69) is 10.6 Å². The minimum Gasteiger partial charge on any atom is -0.375 e. The summed E-state index contributed by atoms with van der Waals surface area (Å²) in [4.78, 5) is 0. The summed E-state index contributed by atoms with van der Waals surface area (Å²) < 4.78 is 45.7. The maximum atomic E-state index is 11.4. The normalized spacial score (nSPS) is 22.1.